The molecular weight excluding hydrogens is 242 g/mol. The number of anilines is 1. The molecule has 5 heteroatoms. The van der Waals surface area contributed by atoms with Gasteiger partial charge in [0, 0.05) is 6.54 Å². The van der Waals surface area contributed by atoms with Crippen molar-refractivity contribution in [2.75, 3.05) is 25.5 Å². The molecule has 0 radical (unpaired) electrons. The van der Waals surface area contributed by atoms with E-state index in [1.54, 1.807) is 24.3 Å². The van der Waals surface area contributed by atoms with Crippen molar-refractivity contribution >= 4 is 17.5 Å². The summed E-state index contributed by atoms with van der Waals surface area (Å²) in [6.07, 6.45) is 1.90. The Hall–Kier alpha value is -1.88. The number of likely N-dealkylation sites (tertiary alicyclic amines) is 1. The standard InChI is InChI=1S/C14H19N3O2/c1-17-8-4-5-10(9-17)14(19)16-12-7-3-2-6-11(12)13(15)18/h2-3,6-7,10H,4-5,8-9H2,1H3,(H2,15,18)(H,16,19). The normalized spacial score (nSPS) is 19.9. The topological polar surface area (TPSA) is 75.4 Å². The van der Waals surface area contributed by atoms with Gasteiger partial charge in [-0.25, -0.2) is 0 Å². The molecule has 5 nitrogen and oxygen atoms in total. The lowest BCUT2D eigenvalue weighted by Gasteiger charge is -2.28. The first-order valence-electron chi connectivity index (χ1n) is 6.46. The molecule has 102 valence electrons. The number of para-hydroxylation sites is 1. The number of benzene rings is 1. The molecule has 1 unspecified atom stereocenters. The van der Waals surface area contributed by atoms with E-state index < -0.39 is 5.91 Å². The molecule has 2 rings (SSSR count). The molecule has 1 atom stereocenters. The summed E-state index contributed by atoms with van der Waals surface area (Å²) in [5.41, 5.74) is 6.13. The average molecular weight is 261 g/mol. The number of amides is 2. The Morgan fingerprint density at radius 2 is 2.11 bits per heavy atom. The quantitative estimate of drug-likeness (QED) is 0.854. The molecule has 0 spiro atoms. The van der Waals surface area contributed by atoms with Crippen LogP contribution in [0.2, 0.25) is 0 Å². The number of nitrogens with zero attached hydrogens (tertiary/aromatic N) is 1. The van der Waals surface area contributed by atoms with Crippen molar-refractivity contribution in [2.24, 2.45) is 11.7 Å². The van der Waals surface area contributed by atoms with Crippen LogP contribution in [0.3, 0.4) is 0 Å². The zero-order chi connectivity index (χ0) is 13.8. The van der Waals surface area contributed by atoms with Crippen molar-refractivity contribution in [3.63, 3.8) is 0 Å². The third kappa shape index (κ3) is 3.32. The van der Waals surface area contributed by atoms with Gasteiger partial charge in [-0.05, 0) is 38.6 Å². The van der Waals surface area contributed by atoms with Crippen molar-refractivity contribution < 1.29 is 9.59 Å². The molecule has 0 aliphatic carbocycles. The van der Waals surface area contributed by atoms with Crippen LogP contribution in [0.4, 0.5) is 5.69 Å². The number of nitrogens with one attached hydrogen (secondary N) is 1. The molecule has 2 amide bonds. The van der Waals surface area contributed by atoms with Crippen molar-refractivity contribution in [3.8, 4) is 0 Å². The summed E-state index contributed by atoms with van der Waals surface area (Å²) in [4.78, 5) is 25.6. The Balaban J connectivity index is 2.08. The number of hydrogen-bond donors (Lipinski definition) is 2. The van der Waals surface area contributed by atoms with Gasteiger partial charge in [-0.2, -0.15) is 0 Å². The largest absolute Gasteiger partial charge is 0.366 e. The van der Waals surface area contributed by atoms with E-state index in [2.05, 4.69) is 10.2 Å². The van der Waals surface area contributed by atoms with Crippen LogP contribution in [0.5, 0.6) is 0 Å². The van der Waals surface area contributed by atoms with E-state index in [4.69, 9.17) is 5.73 Å². The molecule has 1 aromatic carbocycles. The number of piperidine rings is 1. The maximum atomic E-state index is 12.2. The fourth-order valence-electron chi connectivity index (χ4n) is 2.42. The van der Waals surface area contributed by atoms with Gasteiger partial charge in [-0.3, -0.25) is 9.59 Å². The average Bonchev–Trinajstić information content (AvgIpc) is 2.39. The first kappa shape index (κ1) is 13.5. The number of hydrogen-bond acceptors (Lipinski definition) is 3. The molecule has 0 bridgehead atoms. The predicted octanol–water partition coefficient (Wildman–Crippen LogP) is 1.07. The van der Waals surface area contributed by atoms with Gasteiger partial charge in [0.25, 0.3) is 5.91 Å². The van der Waals surface area contributed by atoms with Gasteiger partial charge < -0.3 is 16.0 Å². The van der Waals surface area contributed by atoms with Crippen molar-refractivity contribution in [1.29, 1.82) is 0 Å². The molecule has 1 aliphatic heterocycles. The van der Waals surface area contributed by atoms with Gasteiger partial charge in [0.1, 0.15) is 0 Å². The zero-order valence-corrected chi connectivity index (χ0v) is 11.1. The Morgan fingerprint density at radius 3 is 2.79 bits per heavy atom. The van der Waals surface area contributed by atoms with Gasteiger partial charge in [-0.1, -0.05) is 12.1 Å². The highest BCUT2D eigenvalue weighted by molar-refractivity contribution is 6.03. The molecule has 1 aliphatic rings. The van der Waals surface area contributed by atoms with Crippen LogP contribution in [0.15, 0.2) is 24.3 Å². The van der Waals surface area contributed by atoms with Crippen LogP contribution in [0.1, 0.15) is 23.2 Å². The van der Waals surface area contributed by atoms with Gasteiger partial charge in [0.15, 0.2) is 0 Å². The molecular formula is C14H19N3O2. The number of rotatable bonds is 3. The van der Waals surface area contributed by atoms with Crippen LogP contribution < -0.4 is 11.1 Å². The van der Waals surface area contributed by atoms with E-state index in [0.29, 0.717) is 11.3 Å². The van der Waals surface area contributed by atoms with Crippen molar-refractivity contribution in [3.05, 3.63) is 29.8 Å². The fourth-order valence-corrected chi connectivity index (χ4v) is 2.42. The summed E-state index contributed by atoms with van der Waals surface area (Å²) < 4.78 is 0. The third-order valence-electron chi connectivity index (χ3n) is 3.45. The van der Waals surface area contributed by atoms with E-state index >= 15 is 0 Å². The first-order valence-corrected chi connectivity index (χ1v) is 6.46. The van der Waals surface area contributed by atoms with Crippen LogP contribution >= 0.6 is 0 Å². The zero-order valence-electron chi connectivity index (χ0n) is 11.1. The summed E-state index contributed by atoms with van der Waals surface area (Å²) in [7, 11) is 2.01. The van der Waals surface area contributed by atoms with E-state index in [9.17, 15) is 9.59 Å². The second-order valence-corrected chi connectivity index (χ2v) is 5.00. The minimum atomic E-state index is -0.531. The minimum Gasteiger partial charge on any atom is -0.366 e. The molecule has 1 aromatic rings. The highest BCUT2D eigenvalue weighted by atomic mass is 16.2. The summed E-state index contributed by atoms with van der Waals surface area (Å²) in [5.74, 6) is -0.600. The molecule has 0 aromatic heterocycles. The summed E-state index contributed by atoms with van der Waals surface area (Å²) in [6.45, 7) is 1.78. The summed E-state index contributed by atoms with van der Waals surface area (Å²) in [5, 5.41) is 2.82. The third-order valence-corrected chi connectivity index (χ3v) is 3.45. The maximum Gasteiger partial charge on any atom is 0.250 e. The van der Waals surface area contributed by atoms with Gasteiger partial charge in [0.2, 0.25) is 5.91 Å². The van der Waals surface area contributed by atoms with E-state index in [0.717, 1.165) is 25.9 Å². The van der Waals surface area contributed by atoms with Crippen molar-refractivity contribution in [2.45, 2.75) is 12.8 Å². The SMILES string of the molecule is CN1CCCC(C(=O)Nc2ccccc2C(N)=O)C1. The number of carbonyl (C=O) groups excluding carboxylic acids is 2. The lowest BCUT2D eigenvalue weighted by Crippen LogP contribution is -2.38. The second-order valence-electron chi connectivity index (χ2n) is 5.00. The predicted molar refractivity (Wildman–Crippen MR) is 73.8 cm³/mol. The van der Waals surface area contributed by atoms with Crippen LogP contribution in [-0.2, 0) is 4.79 Å². The fraction of sp³-hybridized carbons (Fsp3) is 0.429. The number of primary amides is 1. The Kier molecular flexibility index (Phi) is 4.16. The molecule has 3 N–H and O–H groups in total. The highest BCUT2D eigenvalue weighted by Crippen LogP contribution is 2.19. The number of carbonyl (C=O) groups is 2. The Labute approximate surface area is 112 Å². The van der Waals surface area contributed by atoms with E-state index in [1.807, 2.05) is 7.05 Å². The second kappa shape index (κ2) is 5.84. The van der Waals surface area contributed by atoms with Gasteiger partial charge in [0.05, 0.1) is 17.2 Å². The summed E-state index contributed by atoms with van der Waals surface area (Å²) >= 11 is 0. The summed E-state index contributed by atoms with van der Waals surface area (Å²) in [6, 6.07) is 6.81. The first-order chi connectivity index (χ1) is 9.08. The van der Waals surface area contributed by atoms with Crippen LogP contribution in [0.25, 0.3) is 0 Å². The molecule has 19 heavy (non-hydrogen) atoms. The molecule has 0 saturated carbocycles. The lowest BCUT2D eigenvalue weighted by molar-refractivity contribution is -0.121. The smallest absolute Gasteiger partial charge is 0.250 e. The lowest BCUT2D eigenvalue weighted by atomic mass is 9.97. The number of nitrogens with two attached hydrogens (primary N) is 1. The van der Waals surface area contributed by atoms with Crippen molar-refractivity contribution in [1.82, 2.24) is 4.90 Å². The van der Waals surface area contributed by atoms with Gasteiger partial charge in [-0.15, -0.1) is 0 Å². The van der Waals surface area contributed by atoms with E-state index in [-0.39, 0.29) is 11.8 Å². The van der Waals surface area contributed by atoms with Gasteiger partial charge >= 0.3 is 0 Å². The monoisotopic (exact) mass is 261 g/mol. The molecule has 1 fully saturated rings. The Bertz CT molecular complexity index is 487. The highest BCUT2D eigenvalue weighted by Gasteiger charge is 2.24. The molecule has 1 heterocycles. The maximum absolute atomic E-state index is 12.2. The Morgan fingerprint density at radius 1 is 1.37 bits per heavy atom. The molecule has 1 saturated heterocycles. The minimum absolute atomic E-state index is 0.0281. The van der Waals surface area contributed by atoms with Crippen LogP contribution in [0, 0.1) is 5.92 Å². The van der Waals surface area contributed by atoms with Crippen LogP contribution in [-0.4, -0.2) is 36.9 Å². The van der Waals surface area contributed by atoms with E-state index in [1.165, 1.54) is 0 Å².